The molecule has 4 nitrogen and oxygen atoms in total. The SMILES string of the molecule is COCCCC(=O)Nc1cc(C#CCCO)ccc1C. The molecule has 0 spiro atoms. The Hall–Kier alpha value is -1.83. The number of anilines is 1. The van der Waals surface area contributed by atoms with Gasteiger partial charge in [0.15, 0.2) is 0 Å². The summed E-state index contributed by atoms with van der Waals surface area (Å²) in [6.45, 7) is 2.58. The Labute approximate surface area is 120 Å². The van der Waals surface area contributed by atoms with E-state index >= 15 is 0 Å². The molecule has 0 saturated heterocycles. The lowest BCUT2D eigenvalue weighted by Gasteiger charge is -2.08. The number of carbonyl (C=O) groups is 1. The first-order chi connectivity index (χ1) is 9.67. The van der Waals surface area contributed by atoms with Crippen molar-refractivity contribution >= 4 is 11.6 Å². The van der Waals surface area contributed by atoms with Gasteiger partial charge in [0.05, 0.1) is 6.61 Å². The van der Waals surface area contributed by atoms with Gasteiger partial charge in [0.1, 0.15) is 0 Å². The second-order valence-electron chi connectivity index (χ2n) is 4.45. The number of ether oxygens (including phenoxy) is 1. The van der Waals surface area contributed by atoms with Crippen LogP contribution in [-0.2, 0) is 9.53 Å². The predicted octanol–water partition coefficient (Wildman–Crippen LogP) is 2.09. The number of hydrogen-bond donors (Lipinski definition) is 2. The summed E-state index contributed by atoms with van der Waals surface area (Å²) >= 11 is 0. The molecule has 108 valence electrons. The van der Waals surface area contributed by atoms with Crippen molar-refractivity contribution in [3.05, 3.63) is 29.3 Å². The Morgan fingerprint density at radius 2 is 2.25 bits per heavy atom. The molecule has 0 aliphatic rings. The Balaban J connectivity index is 2.67. The van der Waals surface area contributed by atoms with Gasteiger partial charge in [-0.05, 0) is 31.0 Å². The molecule has 0 fully saturated rings. The zero-order valence-corrected chi connectivity index (χ0v) is 12.0. The zero-order valence-electron chi connectivity index (χ0n) is 12.0. The maximum absolute atomic E-state index is 11.8. The van der Waals surface area contributed by atoms with Gasteiger partial charge in [-0.3, -0.25) is 4.79 Å². The Morgan fingerprint density at radius 3 is 2.95 bits per heavy atom. The minimum absolute atomic E-state index is 0.0226. The van der Waals surface area contributed by atoms with Crippen molar-refractivity contribution in [2.75, 3.05) is 25.6 Å². The molecule has 0 aliphatic carbocycles. The number of aliphatic hydroxyl groups excluding tert-OH is 1. The molecule has 20 heavy (non-hydrogen) atoms. The van der Waals surface area contributed by atoms with Crippen molar-refractivity contribution in [2.24, 2.45) is 0 Å². The van der Waals surface area contributed by atoms with Crippen LogP contribution in [0.25, 0.3) is 0 Å². The summed E-state index contributed by atoms with van der Waals surface area (Å²) in [5, 5.41) is 11.6. The van der Waals surface area contributed by atoms with E-state index in [1.165, 1.54) is 0 Å². The summed E-state index contributed by atoms with van der Waals surface area (Å²) in [7, 11) is 1.62. The number of aliphatic hydroxyl groups is 1. The molecule has 0 aromatic heterocycles. The van der Waals surface area contributed by atoms with Gasteiger partial charge >= 0.3 is 0 Å². The van der Waals surface area contributed by atoms with Gasteiger partial charge in [0.2, 0.25) is 5.91 Å². The van der Waals surface area contributed by atoms with E-state index in [9.17, 15) is 4.79 Å². The molecule has 0 atom stereocenters. The summed E-state index contributed by atoms with van der Waals surface area (Å²) in [6.07, 6.45) is 1.59. The van der Waals surface area contributed by atoms with Crippen LogP contribution in [0.15, 0.2) is 18.2 Å². The van der Waals surface area contributed by atoms with E-state index in [2.05, 4.69) is 17.2 Å². The van der Waals surface area contributed by atoms with Crippen LogP contribution in [0.3, 0.4) is 0 Å². The van der Waals surface area contributed by atoms with Crippen LogP contribution >= 0.6 is 0 Å². The number of amides is 1. The van der Waals surface area contributed by atoms with Crippen molar-refractivity contribution in [3.63, 3.8) is 0 Å². The standard InChI is InChI=1S/C16H21NO3/c1-13-8-9-14(6-3-4-10-18)12-15(13)17-16(19)7-5-11-20-2/h8-9,12,18H,4-5,7,10-11H2,1-2H3,(H,17,19). The van der Waals surface area contributed by atoms with Gasteiger partial charge in [-0.25, -0.2) is 0 Å². The van der Waals surface area contributed by atoms with Crippen LogP contribution in [-0.4, -0.2) is 31.3 Å². The lowest BCUT2D eigenvalue weighted by atomic mass is 10.1. The van der Waals surface area contributed by atoms with Crippen LogP contribution in [0.1, 0.15) is 30.4 Å². The average molecular weight is 275 g/mol. The first-order valence-electron chi connectivity index (χ1n) is 6.66. The largest absolute Gasteiger partial charge is 0.395 e. The van der Waals surface area contributed by atoms with E-state index in [4.69, 9.17) is 9.84 Å². The summed E-state index contributed by atoms with van der Waals surface area (Å²) in [4.78, 5) is 11.8. The van der Waals surface area contributed by atoms with Crippen LogP contribution < -0.4 is 5.32 Å². The Morgan fingerprint density at radius 1 is 1.45 bits per heavy atom. The number of aryl methyl sites for hydroxylation is 1. The van der Waals surface area contributed by atoms with Crippen LogP contribution in [0.4, 0.5) is 5.69 Å². The fourth-order valence-electron chi connectivity index (χ4n) is 1.64. The van der Waals surface area contributed by atoms with E-state index in [1.807, 2.05) is 25.1 Å². The molecular weight excluding hydrogens is 254 g/mol. The second kappa shape index (κ2) is 9.13. The van der Waals surface area contributed by atoms with Gasteiger partial charge in [0, 0.05) is 37.8 Å². The molecule has 0 unspecified atom stereocenters. The maximum Gasteiger partial charge on any atom is 0.224 e. The van der Waals surface area contributed by atoms with Gasteiger partial charge in [-0.15, -0.1) is 0 Å². The highest BCUT2D eigenvalue weighted by Crippen LogP contribution is 2.17. The monoisotopic (exact) mass is 275 g/mol. The Kier molecular flexibility index (Phi) is 7.41. The van der Waals surface area contributed by atoms with Crippen molar-refractivity contribution in [2.45, 2.75) is 26.2 Å². The number of methoxy groups -OCH3 is 1. The van der Waals surface area contributed by atoms with Crippen molar-refractivity contribution in [1.29, 1.82) is 0 Å². The lowest BCUT2D eigenvalue weighted by Crippen LogP contribution is -2.13. The number of benzene rings is 1. The summed E-state index contributed by atoms with van der Waals surface area (Å²) in [5.74, 6) is 5.80. The average Bonchev–Trinajstić information content (AvgIpc) is 2.43. The number of rotatable bonds is 6. The topological polar surface area (TPSA) is 58.6 Å². The summed E-state index contributed by atoms with van der Waals surface area (Å²) < 4.78 is 4.92. The molecule has 1 rings (SSSR count). The second-order valence-corrected chi connectivity index (χ2v) is 4.45. The number of nitrogens with one attached hydrogen (secondary N) is 1. The summed E-state index contributed by atoms with van der Waals surface area (Å²) in [5.41, 5.74) is 2.61. The molecule has 1 aromatic carbocycles. The van der Waals surface area contributed by atoms with Crippen molar-refractivity contribution in [3.8, 4) is 11.8 Å². The fourth-order valence-corrected chi connectivity index (χ4v) is 1.64. The van der Waals surface area contributed by atoms with E-state index in [0.717, 1.165) is 16.8 Å². The highest BCUT2D eigenvalue weighted by molar-refractivity contribution is 5.91. The van der Waals surface area contributed by atoms with Crippen LogP contribution in [0, 0.1) is 18.8 Å². The van der Waals surface area contributed by atoms with Gasteiger partial charge in [0.25, 0.3) is 0 Å². The van der Waals surface area contributed by atoms with E-state index in [0.29, 0.717) is 25.9 Å². The molecular formula is C16H21NO3. The quantitative estimate of drug-likeness (QED) is 0.617. The molecule has 0 aliphatic heterocycles. The molecule has 0 bridgehead atoms. The minimum Gasteiger partial charge on any atom is -0.395 e. The van der Waals surface area contributed by atoms with Crippen molar-refractivity contribution in [1.82, 2.24) is 0 Å². The van der Waals surface area contributed by atoms with Crippen LogP contribution in [0.5, 0.6) is 0 Å². The molecule has 0 heterocycles. The molecule has 2 N–H and O–H groups in total. The fraction of sp³-hybridized carbons (Fsp3) is 0.438. The van der Waals surface area contributed by atoms with E-state index in [-0.39, 0.29) is 12.5 Å². The first kappa shape index (κ1) is 16.2. The highest BCUT2D eigenvalue weighted by atomic mass is 16.5. The normalized spacial score (nSPS) is 9.75. The van der Waals surface area contributed by atoms with Crippen LogP contribution in [0.2, 0.25) is 0 Å². The third-order valence-electron chi connectivity index (χ3n) is 2.73. The molecule has 1 aromatic rings. The third kappa shape index (κ3) is 5.87. The molecule has 4 heteroatoms. The molecule has 0 radical (unpaired) electrons. The first-order valence-corrected chi connectivity index (χ1v) is 6.66. The maximum atomic E-state index is 11.8. The van der Waals surface area contributed by atoms with Gasteiger partial charge < -0.3 is 15.2 Å². The predicted molar refractivity (Wildman–Crippen MR) is 79.5 cm³/mol. The van der Waals surface area contributed by atoms with Crippen molar-refractivity contribution < 1.29 is 14.6 Å². The molecule has 1 amide bonds. The highest BCUT2D eigenvalue weighted by Gasteiger charge is 2.05. The molecule has 0 saturated carbocycles. The Bertz CT molecular complexity index is 500. The minimum atomic E-state index is -0.0226. The smallest absolute Gasteiger partial charge is 0.224 e. The number of carbonyl (C=O) groups excluding carboxylic acids is 1. The van der Waals surface area contributed by atoms with E-state index < -0.39 is 0 Å². The van der Waals surface area contributed by atoms with Gasteiger partial charge in [-0.2, -0.15) is 0 Å². The summed E-state index contributed by atoms with van der Waals surface area (Å²) in [6, 6.07) is 5.68. The zero-order chi connectivity index (χ0) is 14.8. The lowest BCUT2D eigenvalue weighted by molar-refractivity contribution is -0.116. The van der Waals surface area contributed by atoms with E-state index in [1.54, 1.807) is 7.11 Å². The van der Waals surface area contributed by atoms with Gasteiger partial charge in [-0.1, -0.05) is 17.9 Å². The third-order valence-corrected chi connectivity index (χ3v) is 2.73. The number of hydrogen-bond acceptors (Lipinski definition) is 3.